The molecule has 0 amide bonds. The lowest BCUT2D eigenvalue weighted by Gasteiger charge is -1.83. The summed E-state index contributed by atoms with van der Waals surface area (Å²) in [6.07, 6.45) is 3.89. The molecule has 0 aliphatic carbocycles. The van der Waals surface area contributed by atoms with Crippen molar-refractivity contribution < 1.29 is 0 Å². The Morgan fingerprint density at radius 1 is 1.29 bits per heavy atom. The van der Waals surface area contributed by atoms with E-state index in [9.17, 15) is 0 Å². The summed E-state index contributed by atoms with van der Waals surface area (Å²) in [6, 6.07) is 0. The van der Waals surface area contributed by atoms with Crippen molar-refractivity contribution in [3.63, 3.8) is 0 Å². The summed E-state index contributed by atoms with van der Waals surface area (Å²) in [6.45, 7) is 0.958. The highest BCUT2D eigenvalue weighted by Gasteiger charge is 1.78. The van der Waals surface area contributed by atoms with Crippen molar-refractivity contribution in [2.75, 3.05) is 6.54 Å². The average molecular weight is 143 g/mol. The first-order valence-corrected chi connectivity index (χ1v) is 1.63. The van der Waals surface area contributed by atoms with E-state index in [0.29, 0.717) is 0 Å². The van der Waals surface area contributed by atoms with E-state index in [1.165, 1.54) is 0 Å². The Kier molecular flexibility index (Phi) is 8.81. The summed E-state index contributed by atoms with van der Waals surface area (Å²) in [5.41, 5.74) is 5.65. The van der Waals surface area contributed by atoms with Gasteiger partial charge in [-0.1, -0.05) is 6.08 Å². The minimum Gasteiger partial charge on any atom is -0.329 e. The molecule has 0 aromatic rings. The highest BCUT2D eigenvalue weighted by atomic mass is 35.5. The fourth-order valence-electron chi connectivity index (χ4n) is 0.295. The molecule has 2 nitrogen and oxygen atoms in total. The van der Waals surface area contributed by atoms with Gasteiger partial charge < -0.3 is 5.43 Å². The Balaban J connectivity index is 0. The second-order valence-electron chi connectivity index (χ2n) is 0.928. The minimum absolute atomic E-state index is 0. The maximum atomic E-state index is 2.86. The zero-order valence-electron chi connectivity index (χ0n) is 3.68. The maximum absolute atomic E-state index is 2.86. The van der Waals surface area contributed by atoms with E-state index in [1.807, 2.05) is 12.3 Å². The van der Waals surface area contributed by atoms with Crippen LogP contribution >= 0.6 is 24.8 Å². The first kappa shape index (κ1) is 10.1. The van der Waals surface area contributed by atoms with E-state index in [0.717, 1.165) is 6.54 Å². The third kappa shape index (κ3) is 3.92. The normalized spacial score (nSPS) is 13.7. The zero-order valence-corrected chi connectivity index (χ0v) is 5.31. The third-order valence-corrected chi connectivity index (χ3v) is 0.523. The highest BCUT2D eigenvalue weighted by Crippen LogP contribution is 1.67. The molecule has 2 N–H and O–H groups in total. The van der Waals surface area contributed by atoms with Crippen molar-refractivity contribution in [2.24, 2.45) is 0 Å². The van der Waals surface area contributed by atoms with Gasteiger partial charge in [-0.25, -0.2) is 5.43 Å². The van der Waals surface area contributed by atoms with Gasteiger partial charge in [0.25, 0.3) is 0 Å². The molecule has 0 atom stereocenters. The quantitative estimate of drug-likeness (QED) is 0.514. The number of hydrazine groups is 1. The van der Waals surface area contributed by atoms with Crippen LogP contribution in [0.15, 0.2) is 12.3 Å². The van der Waals surface area contributed by atoms with E-state index < -0.39 is 0 Å². The molecule has 0 aromatic carbocycles. The topological polar surface area (TPSA) is 24.1 Å². The van der Waals surface area contributed by atoms with Crippen LogP contribution in [0.4, 0.5) is 0 Å². The van der Waals surface area contributed by atoms with Crippen LogP contribution in [0.25, 0.3) is 0 Å². The third-order valence-electron chi connectivity index (χ3n) is 0.523. The van der Waals surface area contributed by atoms with Gasteiger partial charge in [-0.3, -0.25) is 0 Å². The first-order valence-electron chi connectivity index (χ1n) is 1.63. The first-order chi connectivity index (χ1) is 2.50. The maximum Gasteiger partial charge on any atom is 0.0345 e. The molecule has 0 aromatic heterocycles. The summed E-state index contributed by atoms with van der Waals surface area (Å²) in [7, 11) is 0. The molecule has 0 radical (unpaired) electrons. The Bertz CT molecular complexity index is 48.9. The van der Waals surface area contributed by atoms with Gasteiger partial charge in [0, 0.05) is 12.7 Å². The Morgan fingerprint density at radius 3 is 2.14 bits per heavy atom. The van der Waals surface area contributed by atoms with Crippen LogP contribution in [0, 0.1) is 0 Å². The standard InChI is InChI=1S/C3H6N2.2ClH/c1-2-4-5-3-1;;/h1-2,4-5H,3H2;2*1H. The lowest BCUT2D eigenvalue weighted by atomic mass is 10.7. The van der Waals surface area contributed by atoms with Gasteiger partial charge in [-0.2, -0.15) is 0 Å². The number of rotatable bonds is 0. The predicted octanol–water partition coefficient (Wildman–Crippen LogP) is 0.451. The number of hydrogen-bond donors (Lipinski definition) is 2. The summed E-state index contributed by atoms with van der Waals surface area (Å²) in [4.78, 5) is 0. The number of nitrogens with one attached hydrogen (secondary N) is 2. The second kappa shape index (κ2) is 6.08. The molecule has 44 valence electrons. The zero-order chi connectivity index (χ0) is 3.54. The van der Waals surface area contributed by atoms with Crippen molar-refractivity contribution in [3.05, 3.63) is 12.3 Å². The molecule has 1 rings (SSSR count). The Labute approximate surface area is 55.1 Å². The van der Waals surface area contributed by atoms with Crippen molar-refractivity contribution in [3.8, 4) is 0 Å². The Morgan fingerprint density at radius 2 is 2.00 bits per heavy atom. The fourth-order valence-corrected chi connectivity index (χ4v) is 0.295. The SMILES string of the molecule is C1=CNNC1.Cl.Cl. The van der Waals surface area contributed by atoms with Crippen LogP contribution in [0.5, 0.6) is 0 Å². The van der Waals surface area contributed by atoms with Gasteiger partial charge in [0.05, 0.1) is 0 Å². The lowest BCUT2D eigenvalue weighted by Crippen LogP contribution is -2.19. The lowest BCUT2D eigenvalue weighted by molar-refractivity contribution is 0.727. The number of halogens is 2. The summed E-state index contributed by atoms with van der Waals surface area (Å²) in [5, 5.41) is 0. The highest BCUT2D eigenvalue weighted by molar-refractivity contribution is 5.85. The molecular weight excluding hydrogens is 135 g/mol. The van der Waals surface area contributed by atoms with Crippen LogP contribution < -0.4 is 10.9 Å². The molecule has 1 aliphatic rings. The molecule has 0 saturated carbocycles. The molecular formula is C3H8Cl2N2. The smallest absolute Gasteiger partial charge is 0.0345 e. The number of hydrogen-bond acceptors (Lipinski definition) is 2. The average Bonchev–Trinajstić information content (AvgIpc) is 1.76. The van der Waals surface area contributed by atoms with Crippen LogP contribution in [0.3, 0.4) is 0 Å². The molecule has 0 spiro atoms. The molecule has 4 heteroatoms. The summed E-state index contributed by atoms with van der Waals surface area (Å²) in [5.74, 6) is 0. The Hall–Kier alpha value is 0.0800. The van der Waals surface area contributed by atoms with E-state index in [1.54, 1.807) is 0 Å². The van der Waals surface area contributed by atoms with Gasteiger partial charge in [-0.05, 0) is 0 Å². The molecule has 1 heterocycles. The predicted molar refractivity (Wildman–Crippen MR) is 34.8 cm³/mol. The molecule has 0 bridgehead atoms. The van der Waals surface area contributed by atoms with E-state index >= 15 is 0 Å². The molecule has 1 aliphatic heterocycles. The van der Waals surface area contributed by atoms with Gasteiger partial charge in [-0.15, -0.1) is 24.8 Å². The largest absolute Gasteiger partial charge is 0.329 e. The van der Waals surface area contributed by atoms with Gasteiger partial charge >= 0.3 is 0 Å². The van der Waals surface area contributed by atoms with Crippen molar-refractivity contribution >= 4 is 24.8 Å². The van der Waals surface area contributed by atoms with Gasteiger partial charge in [0.2, 0.25) is 0 Å². The minimum atomic E-state index is 0. The van der Waals surface area contributed by atoms with Crippen LogP contribution in [-0.2, 0) is 0 Å². The van der Waals surface area contributed by atoms with E-state index in [4.69, 9.17) is 0 Å². The molecule has 0 fully saturated rings. The van der Waals surface area contributed by atoms with Crippen LogP contribution in [0.1, 0.15) is 0 Å². The summed E-state index contributed by atoms with van der Waals surface area (Å²) < 4.78 is 0. The van der Waals surface area contributed by atoms with Gasteiger partial charge in [0.15, 0.2) is 0 Å². The fraction of sp³-hybridized carbons (Fsp3) is 0.333. The van der Waals surface area contributed by atoms with Crippen molar-refractivity contribution in [1.82, 2.24) is 10.9 Å². The van der Waals surface area contributed by atoms with Crippen molar-refractivity contribution in [1.29, 1.82) is 0 Å². The molecule has 7 heavy (non-hydrogen) atoms. The molecule has 0 saturated heterocycles. The molecule has 0 unspecified atom stereocenters. The second-order valence-corrected chi connectivity index (χ2v) is 0.928. The van der Waals surface area contributed by atoms with E-state index in [-0.39, 0.29) is 24.8 Å². The van der Waals surface area contributed by atoms with E-state index in [2.05, 4.69) is 10.9 Å². The van der Waals surface area contributed by atoms with Crippen LogP contribution in [-0.4, -0.2) is 6.54 Å². The van der Waals surface area contributed by atoms with Gasteiger partial charge in [0.1, 0.15) is 0 Å². The monoisotopic (exact) mass is 142 g/mol. The van der Waals surface area contributed by atoms with Crippen LogP contribution in [0.2, 0.25) is 0 Å². The summed E-state index contributed by atoms with van der Waals surface area (Å²) >= 11 is 0. The van der Waals surface area contributed by atoms with Crippen molar-refractivity contribution in [2.45, 2.75) is 0 Å².